The highest BCUT2D eigenvalue weighted by molar-refractivity contribution is 5.76. The molecule has 4 nitrogen and oxygen atoms in total. The van der Waals surface area contributed by atoms with Crippen LogP contribution in [0.3, 0.4) is 0 Å². The molecule has 2 aliphatic heterocycles. The number of carboxylic acids is 1. The number of ether oxygens (including phenoxy) is 1. The Bertz CT molecular complexity index is 231. The normalized spacial score (nSPS) is 39.3. The molecule has 0 spiro atoms. The molecule has 2 fully saturated rings. The minimum Gasteiger partial charge on any atom is -0.481 e. The first-order valence-electron chi connectivity index (χ1n) is 4.72. The molecule has 2 saturated heterocycles. The number of nitrogens with zero attached hydrogens (tertiary/aromatic N) is 1. The first kappa shape index (κ1) is 8.97. The molecule has 0 aliphatic carbocycles. The van der Waals surface area contributed by atoms with Crippen LogP contribution in [-0.2, 0) is 9.53 Å². The van der Waals surface area contributed by atoms with Crippen molar-refractivity contribution in [1.82, 2.24) is 4.90 Å². The summed E-state index contributed by atoms with van der Waals surface area (Å²) in [5.41, 5.74) is -0.601. The summed E-state index contributed by atoms with van der Waals surface area (Å²) in [6.07, 6.45) is 0. The first-order valence-corrected chi connectivity index (χ1v) is 4.72. The van der Waals surface area contributed by atoms with E-state index in [0.29, 0.717) is 19.8 Å². The highest BCUT2D eigenvalue weighted by Crippen LogP contribution is 2.41. The number of carbonyl (C=O) groups is 1. The number of rotatable bonds is 2. The Kier molecular flexibility index (Phi) is 2.04. The Morgan fingerprint density at radius 1 is 1.77 bits per heavy atom. The summed E-state index contributed by atoms with van der Waals surface area (Å²) in [4.78, 5) is 13.4. The predicted molar refractivity (Wildman–Crippen MR) is 46.5 cm³/mol. The van der Waals surface area contributed by atoms with Gasteiger partial charge in [0.25, 0.3) is 0 Å². The molecule has 13 heavy (non-hydrogen) atoms. The first-order chi connectivity index (χ1) is 6.19. The van der Waals surface area contributed by atoms with Gasteiger partial charge in [0.05, 0.1) is 13.2 Å². The van der Waals surface area contributed by atoms with Gasteiger partial charge in [0, 0.05) is 19.0 Å². The zero-order chi connectivity index (χ0) is 9.47. The van der Waals surface area contributed by atoms with Crippen molar-refractivity contribution in [2.45, 2.75) is 6.92 Å². The van der Waals surface area contributed by atoms with Gasteiger partial charge < -0.3 is 14.7 Å². The molecular formula is C9H15NO3. The van der Waals surface area contributed by atoms with Gasteiger partial charge in [0.15, 0.2) is 0 Å². The van der Waals surface area contributed by atoms with Crippen LogP contribution in [0.5, 0.6) is 0 Å². The van der Waals surface area contributed by atoms with E-state index in [1.165, 1.54) is 0 Å². The minimum absolute atomic E-state index is 0.199. The lowest BCUT2D eigenvalue weighted by atomic mass is 9.81. The number of hydrogen-bond donors (Lipinski definition) is 1. The van der Waals surface area contributed by atoms with E-state index in [-0.39, 0.29) is 5.92 Å². The molecule has 0 saturated carbocycles. The fourth-order valence-electron chi connectivity index (χ4n) is 2.38. The molecule has 0 amide bonds. The van der Waals surface area contributed by atoms with Crippen LogP contribution in [0.1, 0.15) is 6.92 Å². The molecule has 2 heterocycles. The number of aliphatic carboxylic acids is 1. The Labute approximate surface area is 77.5 Å². The van der Waals surface area contributed by atoms with Gasteiger partial charge in [0.1, 0.15) is 5.41 Å². The molecule has 2 rings (SSSR count). The van der Waals surface area contributed by atoms with Crippen LogP contribution in [0.15, 0.2) is 0 Å². The highest BCUT2D eigenvalue weighted by Gasteiger charge is 2.55. The summed E-state index contributed by atoms with van der Waals surface area (Å²) in [6, 6.07) is 0. The standard InChI is InChI=1S/C9H15NO3/c1-2-10-3-7-4-13-6-9(7,5-10)8(11)12/h7H,2-6H2,1H3,(H,11,12)/t7-,9-/m1/s1. The van der Waals surface area contributed by atoms with Crippen molar-refractivity contribution in [3.05, 3.63) is 0 Å². The lowest BCUT2D eigenvalue weighted by molar-refractivity contribution is -0.149. The molecule has 0 aromatic rings. The summed E-state index contributed by atoms with van der Waals surface area (Å²) in [5.74, 6) is -0.490. The molecule has 0 aromatic carbocycles. The molecule has 0 radical (unpaired) electrons. The Hall–Kier alpha value is -0.610. The summed E-state index contributed by atoms with van der Waals surface area (Å²) < 4.78 is 5.26. The van der Waals surface area contributed by atoms with Gasteiger partial charge in [0.2, 0.25) is 0 Å². The number of likely N-dealkylation sites (tertiary alicyclic amines) is 1. The Morgan fingerprint density at radius 3 is 3.08 bits per heavy atom. The monoisotopic (exact) mass is 185 g/mol. The highest BCUT2D eigenvalue weighted by atomic mass is 16.5. The van der Waals surface area contributed by atoms with Gasteiger partial charge in [-0.3, -0.25) is 4.79 Å². The van der Waals surface area contributed by atoms with Crippen LogP contribution in [0, 0.1) is 11.3 Å². The molecule has 0 bridgehead atoms. The zero-order valence-electron chi connectivity index (χ0n) is 7.82. The molecule has 74 valence electrons. The average Bonchev–Trinajstić information content (AvgIpc) is 2.58. The largest absolute Gasteiger partial charge is 0.481 e. The van der Waals surface area contributed by atoms with Gasteiger partial charge in [-0.15, -0.1) is 0 Å². The van der Waals surface area contributed by atoms with Crippen molar-refractivity contribution < 1.29 is 14.6 Å². The fourth-order valence-corrected chi connectivity index (χ4v) is 2.38. The van der Waals surface area contributed by atoms with Crippen LogP contribution in [0.25, 0.3) is 0 Å². The van der Waals surface area contributed by atoms with E-state index in [9.17, 15) is 9.90 Å². The van der Waals surface area contributed by atoms with Crippen molar-refractivity contribution >= 4 is 5.97 Å². The third kappa shape index (κ3) is 1.16. The fraction of sp³-hybridized carbons (Fsp3) is 0.889. The van der Waals surface area contributed by atoms with Crippen molar-refractivity contribution in [3.63, 3.8) is 0 Å². The van der Waals surface area contributed by atoms with Crippen LogP contribution < -0.4 is 0 Å². The van der Waals surface area contributed by atoms with Crippen LogP contribution in [-0.4, -0.2) is 48.8 Å². The van der Waals surface area contributed by atoms with E-state index >= 15 is 0 Å². The van der Waals surface area contributed by atoms with Crippen LogP contribution in [0.2, 0.25) is 0 Å². The molecular weight excluding hydrogens is 170 g/mol. The van der Waals surface area contributed by atoms with Crippen molar-refractivity contribution in [3.8, 4) is 0 Å². The zero-order valence-corrected chi connectivity index (χ0v) is 7.82. The van der Waals surface area contributed by atoms with Gasteiger partial charge in [-0.25, -0.2) is 0 Å². The van der Waals surface area contributed by atoms with Gasteiger partial charge in [-0.1, -0.05) is 6.92 Å². The number of carboxylic acid groups (broad SMARTS) is 1. The second-order valence-corrected chi connectivity index (χ2v) is 4.00. The van der Waals surface area contributed by atoms with Gasteiger partial charge in [-0.05, 0) is 6.54 Å². The molecule has 0 unspecified atom stereocenters. The summed E-state index contributed by atoms with van der Waals surface area (Å²) in [7, 11) is 0. The molecule has 4 heteroatoms. The third-order valence-electron chi connectivity index (χ3n) is 3.32. The van der Waals surface area contributed by atoms with Crippen LogP contribution >= 0.6 is 0 Å². The Morgan fingerprint density at radius 2 is 2.54 bits per heavy atom. The molecule has 1 N–H and O–H groups in total. The second-order valence-electron chi connectivity index (χ2n) is 4.00. The maximum Gasteiger partial charge on any atom is 0.313 e. The summed E-state index contributed by atoms with van der Waals surface area (Å²) >= 11 is 0. The maximum absolute atomic E-state index is 11.2. The summed E-state index contributed by atoms with van der Waals surface area (Å²) in [6.45, 7) is 5.54. The lowest BCUT2D eigenvalue weighted by Gasteiger charge is -2.21. The van der Waals surface area contributed by atoms with Crippen LogP contribution in [0.4, 0.5) is 0 Å². The molecule has 0 aromatic heterocycles. The number of hydrogen-bond acceptors (Lipinski definition) is 3. The van der Waals surface area contributed by atoms with E-state index in [4.69, 9.17) is 4.74 Å². The van der Waals surface area contributed by atoms with E-state index in [1.807, 2.05) is 0 Å². The third-order valence-corrected chi connectivity index (χ3v) is 3.32. The topological polar surface area (TPSA) is 49.8 Å². The second kappa shape index (κ2) is 2.96. The van der Waals surface area contributed by atoms with E-state index in [0.717, 1.165) is 13.1 Å². The van der Waals surface area contributed by atoms with Crippen molar-refractivity contribution in [1.29, 1.82) is 0 Å². The predicted octanol–water partition coefficient (Wildman–Crippen LogP) is 0.0393. The molecule has 2 aliphatic rings. The van der Waals surface area contributed by atoms with E-state index in [2.05, 4.69) is 11.8 Å². The van der Waals surface area contributed by atoms with Gasteiger partial charge >= 0.3 is 5.97 Å². The average molecular weight is 185 g/mol. The SMILES string of the molecule is CCN1C[C@@H]2COC[C@]2(C(=O)O)C1. The van der Waals surface area contributed by atoms with E-state index < -0.39 is 11.4 Å². The summed E-state index contributed by atoms with van der Waals surface area (Å²) in [5, 5.41) is 9.18. The number of fused-ring (bicyclic) bond motifs is 1. The van der Waals surface area contributed by atoms with Crippen molar-refractivity contribution in [2.24, 2.45) is 11.3 Å². The maximum atomic E-state index is 11.2. The van der Waals surface area contributed by atoms with Crippen molar-refractivity contribution in [2.75, 3.05) is 32.8 Å². The quantitative estimate of drug-likeness (QED) is 0.660. The van der Waals surface area contributed by atoms with E-state index in [1.54, 1.807) is 0 Å². The Balaban J connectivity index is 2.20. The smallest absolute Gasteiger partial charge is 0.313 e. The lowest BCUT2D eigenvalue weighted by Crippen LogP contribution is -2.38. The van der Waals surface area contributed by atoms with Gasteiger partial charge in [-0.2, -0.15) is 0 Å². The minimum atomic E-state index is -0.689. The molecule has 2 atom stereocenters.